The van der Waals surface area contributed by atoms with Crippen LogP contribution in [0.4, 0.5) is 0 Å². The van der Waals surface area contributed by atoms with Crippen LogP contribution in [0.3, 0.4) is 0 Å². The maximum Gasteiger partial charge on any atom is 0.356 e. The summed E-state index contributed by atoms with van der Waals surface area (Å²) in [6.45, 7) is 3.93. The van der Waals surface area contributed by atoms with E-state index in [1.807, 2.05) is 50.2 Å². The van der Waals surface area contributed by atoms with Crippen molar-refractivity contribution in [3.05, 3.63) is 70.5 Å². The zero-order chi connectivity index (χ0) is 16.6. The molecule has 0 saturated carbocycles. The van der Waals surface area contributed by atoms with Crippen LogP contribution in [-0.2, 0) is 0 Å². The van der Waals surface area contributed by atoms with Gasteiger partial charge in [0.05, 0.1) is 5.69 Å². The number of halogens is 1. The molecular weight excluding hydrogens is 312 g/mol. The number of nitrogens with zero attached hydrogens (tertiary/aromatic N) is 2. The molecule has 1 aromatic heterocycles. The molecule has 0 fully saturated rings. The molecule has 0 radical (unpaired) electrons. The number of aryl methyl sites for hydroxylation is 2. The maximum atomic E-state index is 11.3. The lowest BCUT2D eigenvalue weighted by atomic mass is 10.1. The van der Waals surface area contributed by atoms with Gasteiger partial charge in [0.1, 0.15) is 5.82 Å². The zero-order valence-electron chi connectivity index (χ0n) is 12.7. The average molecular weight is 327 g/mol. The van der Waals surface area contributed by atoms with Crippen molar-refractivity contribution in [2.45, 2.75) is 13.8 Å². The molecule has 23 heavy (non-hydrogen) atoms. The SMILES string of the molecule is Cc1ccc(-c2nc(C(=O)O)cn2-c2ccc(Cl)cc2C)cc1. The maximum absolute atomic E-state index is 11.3. The monoisotopic (exact) mass is 326 g/mol. The van der Waals surface area contributed by atoms with Crippen LogP contribution in [0, 0.1) is 13.8 Å². The van der Waals surface area contributed by atoms with Gasteiger partial charge in [-0.25, -0.2) is 9.78 Å². The van der Waals surface area contributed by atoms with E-state index in [0.29, 0.717) is 10.8 Å². The Bertz CT molecular complexity index is 883. The predicted molar refractivity (Wildman–Crippen MR) is 90.4 cm³/mol. The van der Waals surface area contributed by atoms with Crippen LogP contribution in [-0.4, -0.2) is 20.6 Å². The Kier molecular flexibility index (Phi) is 3.92. The van der Waals surface area contributed by atoms with Crippen molar-refractivity contribution in [3.8, 4) is 17.1 Å². The molecule has 0 aliphatic heterocycles. The quantitative estimate of drug-likeness (QED) is 0.770. The van der Waals surface area contributed by atoms with Gasteiger partial charge in [0.25, 0.3) is 0 Å². The first-order chi connectivity index (χ1) is 11.0. The first-order valence-electron chi connectivity index (χ1n) is 7.12. The van der Waals surface area contributed by atoms with Gasteiger partial charge in [-0.3, -0.25) is 4.57 Å². The Morgan fingerprint density at radius 2 is 1.83 bits per heavy atom. The molecular formula is C18H15ClN2O2. The van der Waals surface area contributed by atoms with Crippen molar-refractivity contribution in [2.24, 2.45) is 0 Å². The number of hydrogen-bond acceptors (Lipinski definition) is 2. The molecule has 1 heterocycles. The van der Waals surface area contributed by atoms with Gasteiger partial charge in [0, 0.05) is 16.8 Å². The molecule has 0 bridgehead atoms. The van der Waals surface area contributed by atoms with Crippen molar-refractivity contribution in [3.63, 3.8) is 0 Å². The van der Waals surface area contributed by atoms with Gasteiger partial charge in [-0.05, 0) is 37.6 Å². The van der Waals surface area contributed by atoms with E-state index in [-0.39, 0.29) is 5.69 Å². The van der Waals surface area contributed by atoms with E-state index < -0.39 is 5.97 Å². The summed E-state index contributed by atoms with van der Waals surface area (Å²) in [5, 5.41) is 9.92. The average Bonchev–Trinajstić information content (AvgIpc) is 2.93. The molecule has 2 aromatic carbocycles. The minimum absolute atomic E-state index is 0.00919. The molecule has 0 atom stereocenters. The van der Waals surface area contributed by atoms with Gasteiger partial charge in [0.2, 0.25) is 0 Å². The van der Waals surface area contributed by atoms with Crippen molar-refractivity contribution < 1.29 is 9.90 Å². The molecule has 0 spiro atoms. The molecule has 0 aliphatic carbocycles. The summed E-state index contributed by atoms with van der Waals surface area (Å²) in [5.41, 5.74) is 3.80. The van der Waals surface area contributed by atoms with Crippen LogP contribution in [0.25, 0.3) is 17.1 Å². The molecule has 3 aromatic rings. The van der Waals surface area contributed by atoms with E-state index in [1.54, 1.807) is 10.6 Å². The number of aromatic nitrogens is 2. The van der Waals surface area contributed by atoms with Gasteiger partial charge >= 0.3 is 5.97 Å². The van der Waals surface area contributed by atoms with Gasteiger partial charge in [-0.15, -0.1) is 0 Å². The van der Waals surface area contributed by atoms with Crippen molar-refractivity contribution in [1.82, 2.24) is 9.55 Å². The van der Waals surface area contributed by atoms with Crippen LogP contribution in [0.15, 0.2) is 48.7 Å². The summed E-state index contributed by atoms with van der Waals surface area (Å²) < 4.78 is 1.79. The summed E-state index contributed by atoms with van der Waals surface area (Å²) in [6.07, 6.45) is 1.54. The first kappa shape index (κ1) is 15.3. The van der Waals surface area contributed by atoms with Crippen molar-refractivity contribution in [1.29, 1.82) is 0 Å². The Hall–Kier alpha value is -2.59. The smallest absolute Gasteiger partial charge is 0.356 e. The number of carboxylic acids is 1. The Morgan fingerprint density at radius 3 is 2.43 bits per heavy atom. The highest BCUT2D eigenvalue weighted by atomic mass is 35.5. The Balaban J connectivity index is 2.22. The number of aromatic carboxylic acids is 1. The second kappa shape index (κ2) is 5.89. The minimum atomic E-state index is -1.05. The first-order valence-corrected chi connectivity index (χ1v) is 7.50. The largest absolute Gasteiger partial charge is 0.476 e. The van der Waals surface area contributed by atoms with Crippen LogP contribution < -0.4 is 0 Å². The molecule has 0 unspecified atom stereocenters. The summed E-state index contributed by atoms with van der Waals surface area (Å²) >= 11 is 6.02. The normalized spacial score (nSPS) is 10.7. The summed E-state index contributed by atoms with van der Waals surface area (Å²) in [7, 11) is 0. The van der Waals surface area contributed by atoms with E-state index in [1.165, 1.54) is 6.20 Å². The fraction of sp³-hybridized carbons (Fsp3) is 0.111. The lowest BCUT2D eigenvalue weighted by Crippen LogP contribution is -1.98. The standard InChI is InChI=1S/C18H15ClN2O2/c1-11-3-5-13(6-4-11)17-20-15(18(22)23)10-21(17)16-8-7-14(19)9-12(16)2/h3-10H,1-2H3,(H,22,23). The van der Waals surface area contributed by atoms with Gasteiger partial charge < -0.3 is 5.11 Å². The molecule has 3 rings (SSSR count). The number of benzene rings is 2. The highest BCUT2D eigenvalue weighted by Crippen LogP contribution is 2.26. The highest BCUT2D eigenvalue weighted by molar-refractivity contribution is 6.30. The van der Waals surface area contributed by atoms with E-state index >= 15 is 0 Å². The van der Waals surface area contributed by atoms with E-state index in [4.69, 9.17) is 11.6 Å². The third kappa shape index (κ3) is 2.98. The fourth-order valence-electron chi connectivity index (χ4n) is 2.46. The van der Waals surface area contributed by atoms with E-state index in [9.17, 15) is 9.90 Å². The molecule has 5 heteroatoms. The lowest BCUT2D eigenvalue weighted by Gasteiger charge is -2.11. The second-order valence-corrected chi connectivity index (χ2v) is 5.86. The van der Waals surface area contributed by atoms with Crippen molar-refractivity contribution in [2.75, 3.05) is 0 Å². The number of rotatable bonds is 3. The Labute approximate surface area is 139 Å². The topological polar surface area (TPSA) is 55.1 Å². The number of hydrogen-bond donors (Lipinski definition) is 1. The summed E-state index contributed by atoms with van der Waals surface area (Å²) in [4.78, 5) is 15.6. The third-order valence-corrected chi connectivity index (χ3v) is 3.89. The highest BCUT2D eigenvalue weighted by Gasteiger charge is 2.17. The molecule has 4 nitrogen and oxygen atoms in total. The molecule has 1 N–H and O–H groups in total. The fourth-order valence-corrected chi connectivity index (χ4v) is 2.69. The number of carbonyl (C=O) groups is 1. The van der Waals surface area contributed by atoms with Crippen LogP contribution in [0.1, 0.15) is 21.6 Å². The second-order valence-electron chi connectivity index (χ2n) is 5.42. The van der Waals surface area contributed by atoms with Crippen LogP contribution in [0.5, 0.6) is 0 Å². The number of imidazole rings is 1. The zero-order valence-corrected chi connectivity index (χ0v) is 13.5. The van der Waals surface area contributed by atoms with Crippen LogP contribution >= 0.6 is 11.6 Å². The van der Waals surface area contributed by atoms with Crippen LogP contribution in [0.2, 0.25) is 5.02 Å². The minimum Gasteiger partial charge on any atom is -0.476 e. The third-order valence-electron chi connectivity index (χ3n) is 3.65. The Morgan fingerprint density at radius 1 is 1.13 bits per heavy atom. The predicted octanol–water partition coefficient (Wildman–Crippen LogP) is 4.51. The van der Waals surface area contributed by atoms with E-state index in [0.717, 1.165) is 22.4 Å². The molecule has 116 valence electrons. The molecule has 0 aliphatic rings. The summed E-state index contributed by atoms with van der Waals surface area (Å²) in [6, 6.07) is 13.3. The van der Waals surface area contributed by atoms with E-state index in [2.05, 4.69) is 4.98 Å². The van der Waals surface area contributed by atoms with Gasteiger partial charge in [-0.2, -0.15) is 0 Å². The molecule has 0 saturated heterocycles. The lowest BCUT2D eigenvalue weighted by molar-refractivity contribution is 0.0691. The summed E-state index contributed by atoms with van der Waals surface area (Å²) in [5.74, 6) is -0.462. The van der Waals surface area contributed by atoms with Gasteiger partial charge in [0.15, 0.2) is 5.69 Å². The number of carboxylic acid groups (broad SMARTS) is 1. The molecule has 0 amide bonds. The van der Waals surface area contributed by atoms with Gasteiger partial charge in [-0.1, -0.05) is 41.4 Å². The van der Waals surface area contributed by atoms with Crippen molar-refractivity contribution >= 4 is 17.6 Å².